The van der Waals surface area contributed by atoms with Gasteiger partial charge in [0.2, 0.25) is 0 Å². The van der Waals surface area contributed by atoms with E-state index in [4.69, 9.17) is 16.6 Å². The van der Waals surface area contributed by atoms with Gasteiger partial charge in [-0.3, -0.25) is 0 Å². The van der Waals surface area contributed by atoms with Crippen molar-refractivity contribution in [3.63, 3.8) is 0 Å². The molecule has 0 saturated carbocycles. The topological polar surface area (TPSA) is 12.4 Å². The molecule has 0 amide bonds. The molecule has 0 aliphatic carbocycles. The Labute approximate surface area is 151 Å². The van der Waals surface area contributed by atoms with Crippen molar-refractivity contribution < 1.29 is 0 Å². The highest BCUT2D eigenvalue weighted by Crippen LogP contribution is 2.22. The molecule has 0 fully saturated rings. The lowest BCUT2D eigenvalue weighted by atomic mass is 10.1. The fraction of sp³-hybridized carbons (Fsp3) is 0. The molecule has 0 N–H and O–H groups in total. The molecule has 3 aromatic rings. The predicted molar refractivity (Wildman–Crippen MR) is 106 cm³/mol. The molecule has 0 bridgehead atoms. The Balaban J connectivity index is 1.84. The van der Waals surface area contributed by atoms with Crippen molar-refractivity contribution in [1.29, 1.82) is 0 Å². The van der Waals surface area contributed by atoms with Gasteiger partial charge in [0.15, 0.2) is 0 Å². The number of hydrogen-bond donors (Lipinski definition) is 0. The first kappa shape index (κ1) is 16.6. The second-order valence-electron chi connectivity index (χ2n) is 5.07. The third-order valence-corrected chi connectivity index (χ3v) is 4.39. The quantitative estimate of drug-likeness (QED) is 0.366. The third kappa shape index (κ3) is 4.85. The third-order valence-electron chi connectivity index (χ3n) is 3.32. The molecule has 0 spiro atoms. The van der Waals surface area contributed by atoms with E-state index in [2.05, 4.69) is 17.5 Å². The van der Waals surface area contributed by atoms with Crippen molar-refractivity contribution in [3.8, 4) is 0 Å². The molecular formula is C21H16ClNS. The first-order valence-corrected chi connectivity index (χ1v) is 8.85. The number of rotatable bonds is 5. The Morgan fingerprint density at radius 1 is 0.792 bits per heavy atom. The van der Waals surface area contributed by atoms with Gasteiger partial charge in [-0.2, -0.15) is 0 Å². The van der Waals surface area contributed by atoms with Crippen LogP contribution in [0.5, 0.6) is 0 Å². The largest absolute Gasteiger partial charge is 0.248 e. The first-order chi connectivity index (χ1) is 11.8. The van der Waals surface area contributed by atoms with Gasteiger partial charge in [-0.1, -0.05) is 71.9 Å². The molecule has 0 radical (unpaired) electrons. The Morgan fingerprint density at radius 3 is 2.08 bits per heavy atom. The van der Waals surface area contributed by atoms with E-state index >= 15 is 0 Å². The van der Waals surface area contributed by atoms with Crippen LogP contribution >= 0.6 is 23.4 Å². The Morgan fingerprint density at radius 2 is 1.42 bits per heavy atom. The van der Waals surface area contributed by atoms with Gasteiger partial charge in [-0.15, -0.1) is 0 Å². The van der Waals surface area contributed by atoms with Gasteiger partial charge in [-0.05, 0) is 47.9 Å². The van der Waals surface area contributed by atoms with Crippen LogP contribution in [0.3, 0.4) is 0 Å². The summed E-state index contributed by atoms with van der Waals surface area (Å²) in [6, 6.07) is 28.0. The van der Waals surface area contributed by atoms with Crippen molar-refractivity contribution in [2.45, 2.75) is 4.90 Å². The summed E-state index contributed by atoms with van der Waals surface area (Å²) in [6.07, 6.45) is 2.04. The van der Waals surface area contributed by atoms with Crippen LogP contribution in [0, 0.1) is 0 Å². The van der Waals surface area contributed by atoms with Crippen LogP contribution in [0.25, 0.3) is 0 Å². The zero-order chi connectivity index (χ0) is 16.6. The standard InChI is InChI=1S/C21H16ClNS/c22-18-11-13-20(14-12-18)24-16-15-21(17-7-3-1-4-8-17)23-19-9-5-2-6-10-19/h1-16H. The molecule has 1 nitrogen and oxygen atoms in total. The molecule has 118 valence electrons. The Hall–Kier alpha value is -2.29. The zero-order valence-corrected chi connectivity index (χ0v) is 14.5. The second-order valence-corrected chi connectivity index (χ2v) is 6.49. The van der Waals surface area contributed by atoms with E-state index in [1.54, 1.807) is 11.8 Å². The normalized spacial score (nSPS) is 11.8. The molecule has 0 saturated heterocycles. The minimum Gasteiger partial charge on any atom is -0.248 e. The summed E-state index contributed by atoms with van der Waals surface area (Å²) in [5.74, 6) is 0. The zero-order valence-electron chi connectivity index (χ0n) is 13.0. The fourth-order valence-electron chi connectivity index (χ4n) is 2.14. The van der Waals surface area contributed by atoms with Crippen LogP contribution in [0.2, 0.25) is 5.02 Å². The van der Waals surface area contributed by atoms with Crippen LogP contribution in [-0.4, -0.2) is 5.71 Å². The van der Waals surface area contributed by atoms with Gasteiger partial charge in [0.1, 0.15) is 0 Å². The molecular weight excluding hydrogens is 334 g/mol. The molecule has 24 heavy (non-hydrogen) atoms. The lowest BCUT2D eigenvalue weighted by Gasteiger charge is -2.03. The molecule has 0 atom stereocenters. The summed E-state index contributed by atoms with van der Waals surface area (Å²) in [6.45, 7) is 0. The number of allylic oxidation sites excluding steroid dienone is 1. The summed E-state index contributed by atoms with van der Waals surface area (Å²) < 4.78 is 0. The van der Waals surface area contributed by atoms with Crippen LogP contribution in [-0.2, 0) is 0 Å². The van der Waals surface area contributed by atoms with Gasteiger partial charge in [0.25, 0.3) is 0 Å². The number of halogens is 1. The maximum Gasteiger partial charge on any atom is 0.0714 e. The lowest BCUT2D eigenvalue weighted by molar-refractivity contribution is 1.47. The summed E-state index contributed by atoms with van der Waals surface area (Å²) in [5.41, 5.74) is 2.97. The summed E-state index contributed by atoms with van der Waals surface area (Å²) in [4.78, 5) is 5.91. The van der Waals surface area contributed by atoms with Crippen LogP contribution < -0.4 is 0 Å². The maximum absolute atomic E-state index is 5.92. The van der Waals surface area contributed by atoms with Crippen molar-refractivity contribution >= 4 is 34.8 Å². The highest BCUT2D eigenvalue weighted by atomic mass is 35.5. The minimum atomic E-state index is 0.749. The predicted octanol–water partition coefficient (Wildman–Crippen LogP) is 6.77. The van der Waals surface area contributed by atoms with Crippen LogP contribution in [0.4, 0.5) is 5.69 Å². The maximum atomic E-state index is 5.92. The summed E-state index contributed by atoms with van der Waals surface area (Å²) in [5, 5.41) is 2.80. The van der Waals surface area contributed by atoms with E-state index < -0.39 is 0 Å². The number of benzene rings is 3. The van der Waals surface area contributed by atoms with Gasteiger partial charge in [0.05, 0.1) is 11.4 Å². The number of nitrogens with zero attached hydrogens (tertiary/aromatic N) is 1. The van der Waals surface area contributed by atoms with E-state index in [1.807, 2.05) is 78.9 Å². The molecule has 3 rings (SSSR count). The lowest BCUT2D eigenvalue weighted by Crippen LogP contribution is -1.95. The highest BCUT2D eigenvalue weighted by molar-refractivity contribution is 8.02. The van der Waals surface area contributed by atoms with Crippen molar-refractivity contribution in [1.82, 2.24) is 0 Å². The van der Waals surface area contributed by atoms with Crippen LogP contribution in [0.15, 0.2) is 106 Å². The molecule has 0 heterocycles. The van der Waals surface area contributed by atoms with E-state index in [0.29, 0.717) is 0 Å². The van der Waals surface area contributed by atoms with Gasteiger partial charge >= 0.3 is 0 Å². The molecule has 0 aliphatic rings. The van der Waals surface area contributed by atoms with E-state index in [-0.39, 0.29) is 0 Å². The van der Waals surface area contributed by atoms with E-state index in [9.17, 15) is 0 Å². The SMILES string of the molecule is Clc1ccc(SC=CC(=Nc2ccccc2)c2ccccc2)cc1. The summed E-state index contributed by atoms with van der Waals surface area (Å²) in [7, 11) is 0. The minimum absolute atomic E-state index is 0.749. The molecule has 3 heteroatoms. The number of para-hydroxylation sites is 1. The van der Waals surface area contributed by atoms with E-state index in [0.717, 1.165) is 26.9 Å². The van der Waals surface area contributed by atoms with E-state index in [1.165, 1.54) is 0 Å². The highest BCUT2D eigenvalue weighted by Gasteiger charge is 2.00. The smallest absolute Gasteiger partial charge is 0.0714 e. The molecule has 0 unspecified atom stereocenters. The molecule has 0 aromatic heterocycles. The average molecular weight is 350 g/mol. The van der Waals surface area contributed by atoms with Crippen LogP contribution in [0.1, 0.15) is 5.56 Å². The summed E-state index contributed by atoms with van der Waals surface area (Å²) >= 11 is 7.56. The molecule has 3 aromatic carbocycles. The monoisotopic (exact) mass is 349 g/mol. The van der Waals surface area contributed by atoms with Gasteiger partial charge < -0.3 is 0 Å². The van der Waals surface area contributed by atoms with Crippen molar-refractivity contribution in [2.75, 3.05) is 0 Å². The number of thioether (sulfide) groups is 1. The van der Waals surface area contributed by atoms with Gasteiger partial charge in [-0.25, -0.2) is 4.99 Å². The van der Waals surface area contributed by atoms with Crippen molar-refractivity contribution in [3.05, 3.63) is 107 Å². The Bertz CT molecular complexity index is 825. The Kier molecular flexibility index (Phi) is 5.89. The number of hydrogen-bond acceptors (Lipinski definition) is 2. The first-order valence-electron chi connectivity index (χ1n) is 7.59. The van der Waals surface area contributed by atoms with Gasteiger partial charge in [0, 0.05) is 15.5 Å². The van der Waals surface area contributed by atoms with Crippen molar-refractivity contribution in [2.24, 2.45) is 4.99 Å². The fourth-order valence-corrected chi connectivity index (χ4v) is 2.91. The number of aliphatic imine (C=N–C) groups is 1. The average Bonchev–Trinajstić information content (AvgIpc) is 2.64. The second kappa shape index (κ2) is 8.53. The molecule has 0 aliphatic heterocycles.